The Balaban J connectivity index is 3.12. The van der Waals surface area contributed by atoms with Crippen LogP contribution in [0.25, 0.3) is 0 Å². The number of aliphatic hydroxyl groups excluding tert-OH is 1. The Labute approximate surface area is 160 Å². The van der Waals surface area contributed by atoms with Gasteiger partial charge in [0.1, 0.15) is 12.7 Å². The molecule has 0 unspecified atom stereocenters. The molecule has 0 aliphatic carbocycles. The summed E-state index contributed by atoms with van der Waals surface area (Å²) < 4.78 is 4.94. The van der Waals surface area contributed by atoms with Crippen molar-refractivity contribution in [2.45, 2.75) is 116 Å². The SMILES string of the molecule is CCCCCCCCCCCCCCCCCC(=O)OC[C@H](O)CCl. The molecular weight excluding hydrogens is 336 g/mol. The Hall–Kier alpha value is -0.280. The maximum atomic E-state index is 11.4. The predicted molar refractivity (Wildman–Crippen MR) is 107 cm³/mol. The van der Waals surface area contributed by atoms with Gasteiger partial charge in [0, 0.05) is 6.42 Å². The van der Waals surface area contributed by atoms with Gasteiger partial charge < -0.3 is 9.84 Å². The number of hydrogen-bond donors (Lipinski definition) is 1. The van der Waals surface area contributed by atoms with Gasteiger partial charge in [-0.1, -0.05) is 96.8 Å². The van der Waals surface area contributed by atoms with Crippen LogP contribution in [-0.4, -0.2) is 29.7 Å². The summed E-state index contributed by atoms with van der Waals surface area (Å²) in [5.74, 6) is -0.120. The number of rotatable bonds is 19. The number of unbranched alkanes of at least 4 members (excludes halogenated alkanes) is 14. The van der Waals surface area contributed by atoms with Crippen LogP contribution >= 0.6 is 11.6 Å². The first kappa shape index (κ1) is 24.7. The van der Waals surface area contributed by atoms with Crippen LogP contribution in [0.1, 0.15) is 110 Å². The minimum atomic E-state index is -0.744. The van der Waals surface area contributed by atoms with E-state index in [2.05, 4.69) is 6.92 Å². The van der Waals surface area contributed by atoms with Crippen molar-refractivity contribution in [1.29, 1.82) is 0 Å². The molecule has 4 heteroatoms. The highest BCUT2D eigenvalue weighted by Crippen LogP contribution is 2.13. The zero-order valence-corrected chi connectivity index (χ0v) is 17.2. The monoisotopic (exact) mass is 376 g/mol. The minimum Gasteiger partial charge on any atom is -0.463 e. The highest BCUT2D eigenvalue weighted by atomic mass is 35.5. The van der Waals surface area contributed by atoms with Crippen LogP contribution in [0.3, 0.4) is 0 Å². The van der Waals surface area contributed by atoms with Gasteiger partial charge in [-0.3, -0.25) is 4.79 Å². The molecule has 3 nitrogen and oxygen atoms in total. The van der Waals surface area contributed by atoms with E-state index in [9.17, 15) is 9.90 Å². The molecule has 0 fully saturated rings. The lowest BCUT2D eigenvalue weighted by Gasteiger charge is -2.08. The van der Waals surface area contributed by atoms with E-state index in [1.165, 1.54) is 83.5 Å². The molecule has 1 atom stereocenters. The number of ether oxygens (including phenoxy) is 1. The Kier molecular flexibility index (Phi) is 19.8. The summed E-state index contributed by atoms with van der Waals surface area (Å²) in [4.78, 5) is 11.4. The van der Waals surface area contributed by atoms with Crippen LogP contribution in [-0.2, 0) is 9.53 Å². The summed E-state index contributed by atoms with van der Waals surface area (Å²) in [5.41, 5.74) is 0. The van der Waals surface area contributed by atoms with Crippen LogP contribution in [0.4, 0.5) is 0 Å². The maximum Gasteiger partial charge on any atom is 0.305 e. The van der Waals surface area contributed by atoms with E-state index in [0.717, 1.165) is 12.8 Å². The van der Waals surface area contributed by atoms with Gasteiger partial charge in [-0.25, -0.2) is 0 Å². The van der Waals surface area contributed by atoms with E-state index in [1.54, 1.807) is 0 Å². The number of hydrogen-bond acceptors (Lipinski definition) is 3. The van der Waals surface area contributed by atoms with Crippen molar-refractivity contribution < 1.29 is 14.6 Å². The molecule has 25 heavy (non-hydrogen) atoms. The second-order valence-electron chi connectivity index (χ2n) is 7.19. The molecule has 0 rings (SSSR count). The summed E-state index contributed by atoms with van der Waals surface area (Å²) >= 11 is 5.44. The lowest BCUT2D eigenvalue weighted by molar-refractivity contribution is -0.146. The van der Waals surface area contributed by atoms with Crippen molar-refractivity contribution >= 4 is 17.6 Å². The van der Waals surface area contributed by atoms with Gasteiger partial charge in [-0.05, 0) is 6.42 Å². The van der Waals surface area contributed by atoms with Crippen LogP contribution in [0.15, 0.2) is 0 Å². The summed E-state index contributed by atoms with van der Waals surface area (Å²) in [6.45, 7) is 2.28. The average molecular weight is 377 g/mol. The first-order valence-electron chi connectivity index (χ1n) is 10.6. The quantitative estimate of drug-likeness (QED) is 0.161. The Bertz CT molecular complexity index is 284. The molecule has 0 spiro atoms. The van der Waals surface area contributed by atoms with Gasteiger partial charge in [0.25, 0.3) is 0 Å². The fourth-order valence-electron chi connectivity index (χ4n) is 2.95. The number of alkyl halides is 1. The average Bonchev–Trinajstić information content (AvgIpc) is 2.62. The zero-order chi connectivity index (χ0) is 18.6. The molecule has 0 aliphatic rings. The lowest BCUT2D eigenvalue weighted by Crippen LogP contribution is -2.19. The second kappa shape index (κ2) is 20.0. The number of aliphatic hydroxyl groups is 1. The topological polar surface area (TPSA) is 46.5 Å². The molecule has 0 aromatic rings. The molecule has 0 amide bonds. The van der Waals surface area contributed by atoms with Crippen molar-refractivity contribution in [1.82, 2.24) is 0 Å². The van der Waals surface area contributed by atoms with E-state index in [4.69, 9.17) is 16.3 Å². The van der Waals surface area contributed by atoms with Gasteiger partial charge in [0.2, 0.25) is 0 Å². The molecule has 150 valence electrons. The van der Waals surface area contributed by atoms with Crippen molar-refractivity contribution in [2.75, 3.05) is 12.5 Å². The van der Waals surface area contributed by atoms with Crippen LogP contribution in [0, 0.1) is 0 Å². The fraction of sp³-hybridized carbons (Fsp3) is 0.952. The highest BCUT2D eigenvalue weighted by Gasteiger charge is 2.07. The number of halogens is 1. The third-order valence-electron chi connectivity index (χ3n) is 4.60. The molecule has 0 saturated carbocycles. The van der Waals surface area contributed by atoms with E-state index in [-0.39, 0.29) is 18.5 Å². The molecule has 0 aliphatic heterocycles. The molecular formula is C21H41ClO3. The van der Waals surface area contributed by atoms with E-state index >= 15 is 0 Å². The van der Waals surface area contributed by atoms with Crippen molar-refractivity contribution in [3.05, 3.63) is 0 Å². The smallest absolute Gasteiger partial charge is 0.305 e. The Morgan fingerprint density at radius 1 is 0.800 bits per heavy atom. The van der Waals surface area contributed by atoms with E-state index in [1.807, 2.05) is 0 Å². The van der Waals surface area contributed by atoms with Crippen molar-refractivity contribution in [2.24, 2.45) is 0 Å². The second-order valence-corrected chi connectivity index (χ2v) is 7.50. The Morgan fingerprint density at radius 3 is 1.60 bits per heavy atom. The van der Waals surface area contributed by atoms with Crippen LogP contribution < -0.4 is 0 Å². The standard InChI is InChI=1S/C21H41ClO3/c1-2-3-4-5-6-7-8-9-10-11-12-13-14-15-16-17-21(24)25-19-20(23)18-22/h20,23H,2-19H2,1H3/t20-/m1/s1. The normalized spacial score (nSPS) is 12.3. The van der Waals surface area contributed by atoms with Crippen LogP contribution in [0.5, 0.6) is 0 Å². The largest absolute Gasteiger partial charge is 0.463 e. The minimum absolute atomic E-state index is 0.0150. The van der Waals surface area contributed by atoms with Gasteiger partial charge >= 0.3 is 5.97 Å². The van der Waals surface area contributed by atoms with Crippen molar-refractivity contribution in [3.63, 3.8) is 0 Å². The highest BCUT2D eigenvalue weighted by molar-refractivity contribution is 6.18. The van der Waals surface area contributed by atoms with E-state index in [0.29, 0.717) is 6.42 Å². The molecule has 0 bridgehead atoms. The molecule has 0 aromatic carbocycles. The lowest BCUT2D eigenvalue weighted by atomic mass is 10.0. The summed E-state index contributed by atoms with van der Waals surface area (Å²) in [7, 11) is 0. The summed E-state index contributed by atoms with van der Waals surface area (Å²) in [5, 5.41) is 9.20. The maximum absolute atomic E-state index is 11.4. The summed E-state index contributed by atoms with van der Waals surface area (Å²) in [6, 6.07) is 0. The third-order valence-corrected chi connectivity index (χ3v) is 4.96. The molecule has 0 heterocycles. The summed E-state index contributed by atoms with van der Waals surface area (Å²) in [6.07, 6.45) is 19.4. The fourth-order valence-corrected chi connectivity index (χ4v) is 3.04. The first-order valence-corrected chi connectivity index (χ1v) is 11.1. The third kappa shape index (κ3) is 19.9. The van der Waals surface area contributed by atoms with Gasteiger partial charge in [0.05, 0.1) is 5.88 Å². The number of carbonyl (C=O) groups is 1. The molecule has 0 radical (unpaired) electrons. The first-order chi connectivity index (χ1) is 12.2. The molecule has 0 saturated heterocycles. The van der Waals surface area contributed by atoms with Crippen molar-refractivity contribution in [3.8, 4) is 0 Å². The number of esters is 1. The van der Waals surface area contributed by atoms with Gasteiger partial charge in [0.15, 0.2) is 0 Å². The van der Waals surface area contributed by atoms with Crippen LogP contribution in [0.2, 0.25) is 0 Å². The van der Waals surface area contributed by atoms with Gasteiger partial charge in [-0.2, -0.15) is 0 Å². The Morgan fingerprint density at radius 2 is 1.20 bits per heavy atom. The number of carbonyl (C=O) groups excluding carboxylic acids is 1. The molecule has 1 N–H and O–H groups in total. The zero-order valence-electron chi connectivity index (χ0n) is 16.4. The molecule has 0 aromatic heterocycles. The van der Waals surface area contributed by atoms with E-state index < -0.39 is 6.10 Å². The predicted octanol–water partition coefficient (Wildman–Crippen LogP) is 6.39. The van der Waals surface area contributed by atoms with Gasteiger partial charge in [-0.15, -0.1) is 11.6 Å².